The van der Waals surface area contributed by atoms with Gasteiger partial charge >= 0.3 is 0 Å². The fourth-order valence-electron chi connectivity index (χ4n) is 4.66. The molecule has 1 aromatic carbocycles. The van der Waals surface area contributed by atoms with Gasteiger partial charge in [-0.2, -0.15) is 0 Å². The van der Waals surface area contributed by atoms with Crippen LogP contribution in [0, 0.1) is 0 Å². The Bertz CT molecular complexity index is 638. The molecule has 0 aromatic heterocycles. The highest BCUT2D eigenvalue weighted by Gasteiger charge is 2.40. The number of benzene rings is 1. The largest absolute Gasteiger partial charge is 0.373 e. The lowest BCUT2D eigenvalue weighted by atomic mass is 9.86. The van der Waals surface area contributed by atoms with Crippen molar-refractivity contribution in [3.05, 3.63) is 29.3 Å². The standard InChI is InChI=1S/C20H28ClN3O2/c21-17-3-1-2-4-18(17)24-10-5-16(6-11-24)23-12-7-20(8-13-23)15-19(25)22-9-14-26-20/h1-4,16H,5-15H2,(H,22,25). The minimum Gasteiger partial charge on any atom is -0.373 e. The van der Waals surface area contributed by atoms with Crippen molar-refractivity contribution < 1.29 is 9.53 Å². The lowest BCUT2D eigenvalue weighted by Crippen LogP contribution is -2.52. The van der Waals surface area contributed by atoms with Gasteiger partial charge < -0.3 is 19.9 Å². The number of para-hydroxylation sites is 1. The molecule has 0 radical (unpaired) electrons. The van der Waals surface area contributed by atoms with E-state index < -0.39 is 0 Å². The number of hydrogen-bond acceptors (Lipinski definition) is 4. The third-order valence-electron chi connectivity index (χ3n) is 6.20. The number of piperidine rings is 2. The summed E-state index contributed by atoms with van der Waals surface area (Å²) in [7, 11) is 0. The maximum atomic E-state index is 11.9. The van der Waals surface area contributed by atoms with Crippen LogP contribution in [-0.4, -0.2) is 61.8 Å². The average Bonchev–Trinajstić information content (AvgIpc) is 2.84. The second-order valence-corrected chi connectivity index (χ2v) is 8.17. The van der Waals surface area contributed by atoms with E-state index in [9.17, 15) is 4.79 Å². The fourth-order valence-corrected chi connectivity index (χ4v) is 4.92. The van der Waals surface area contributed by atoms with Crippen LogP contribution in [0.1, 0.15) is 32.1 Å². The van der Waals surface area contributed by atoms with Crippen molar-refractivity contribution >= 4 is 23.2 Å². The summed E-state index contributed by atoms with van der Waals surface area (Å²) in [5.74, 6) is 0.143. The van der Waals surface area contributed by atoms with E-state index in [4.69, 9.17) is 16.3 Å². The number of ether oxygens (including phenoxy) is 1. The third-order valence-corrected chi connectivity index (χ3v) is 6.52. The van der Waals surface area contributed by atoms with Crippen LogP contribution >= 0.6 is 11.6 Å². The maximum absolute atomic E-state index is 11.9. The van der Waals surface area contributed by atoms with Gasteiger partial charge in [0.15, 0.2) is 0 Å². The lowest BCUT2D eigenvalue weighted by molar-refractivity contribution is -0.129. The number of nitrogens with one attached hydrogen (secondary N) is 1. The molecule has 0 saturated carbocycles. The van der Waals surface area contributed by atoms with Gasteiger partial charge in [0.25, 0.3) is 0 Å². The van der Waals surface area contributed by atoms with Crippen molar-refractivity contribution in [3.63, 3.8) is 0 Å². The van der Waals surface area contributed by atoms with Gasteiger partial charge in [-0.25, -0.2) is 0 Å². The van der Waals surface area contributed by atoms with E-state index in [2.05, 4.69) is 27.2 Å². The molecule has 1 amide bonds. The van der Waals surface area contributed by atoms with Gasteiger partial charge in [0.1, 0.15) is 0 Å². The Morgan fingerprint density at radius 1 is 1.12 bits per heavy atom. The summed E-state index contributed by atoms with van der Waals surface area (Å²) in [5, 5.41) is 3.76. The number of likely N-dealkylation sites (tertiary alicyclic amines) is 1. The Balaban J connectivity index is 1.31. The van der Waals surface area contributed by atoms with E-state index in [0.29, 0.717) is 25.6 Å². The first-order valence-corrected chi connectivity index (χ1v) is 10.2. The zero-order valence-corrected chi connectivity index (χ0v) is 16.0. The van der Waals surface area contributed by atoms with Crippen LogP contribution in [0.5, 0.6) is 0 Å². The molecule has 0 unspecified atom stereocenters. The summed E-state index contributed by atoms with van der Waals surface area (Å²) in [5.41, 5.74) is 0.929. The van der Waals surface area contributed by atoms with Gasteiger partial charge in [-0.3, -0.25) is 4.79 Å². The average molecular weight is 378 g/mol. The second kappa shape index (κ2) is 7.75. The van der Waals surface area contributed by atoms with Crippen molar-refractivity contribution in [1.82, 2.24) is 10.2 Å². The molecule has 0 aliphatic carbocycles. The Hall–Kier alpha value is -1.30. The van der Waals surface area contributed by atoms with Gasteiger partial charge in [0, 0.05) is 38.8 Å². The van der Waals surface area contributed by atoms with E-state index in [1.54, 1.807) is 0 Å². The van der Waals surface area contributed by atoms with Crippen molar-refractivity contribution in [2.24, 2.45) is 0 Å². The number of amides is 1. The summed E-state index contributed by atoms with van der Waals surface area (Å²) in [6, 6.07) is 8.75. The molecule has 1 spiro atoms. The number of nitrogens with zero attached hydrogens (tertiary/aromatic N) is 2. The van der Waals surface area contributed by atoms with Crippen LogP contribution in [0.2, 0.25) is 5.02 Å². The van der Waals surface area contributed by atoms with Crippen LogP contribution in [-0.2, 0) is 9.53 Å². The van der Waals surface area contributed by atoms with Crippen LogP contribution in [0.15, 0.2) is 24.3 Å². The number of hydrogen-bond donors (Lipinski definition) is 1. The molecule has 5 nitrogen and oxygen atoms in total. The predicted octanol–water partition coefficient (Wildman–Crippen LogP) is 2.68. The van der Waals surface area contributed by atoms with E-state index >= 15 is 0 Å². The molecule has 26 heavy (non-hydrogen) atoms. The number of carbonyl (C=O) groups is 1. The first-order chi connectivity index (χ1) is 12.7. The fraction of sp³-hybridized carbons (Fsp3) is 0.650. The Morgan fingerprint density at radius 2 is 1.85 bits per heavy atom. The molecule has 3 saturated heterocycles. The van der Waals surface area contributed by atoms with Crippen molar-refractivity contribution in [3.8, 4) is 0 Å². The summed E-state index contributed by atoms with van der Waals surface area (Å²) >= 11 is 6.35. The highest BCUT2D eigenvalue weighted by atomic mass is 35.5. The monoisotopic (exact) mass is 377 g/mol. The van der Waals surface area contributed by atoms with E-state index in [-0.39, 0.29) is 11.5 Å². The summed E-state index contributed by atoms with van der Waals surface area (Å²) < 4.78 is 6.09. The minimum atomic E-state index is -0.227. The molecule has 0 atom stereocenters. The quantitative estimate of drug-likeness (QED) is 0.860. The number of rotatable bonds is 2. The van der Waals surface area contributed by atoms with Crippen molar-refractivity contribution in [1.29, 1.82) is 0 Å². The number of anilines is 1. The van der Waals surface area contributed by atoms with Gasteiger partial charge in [-0.15, -0.1) is 0 Å². The number of carbonyl (C=O) groups excluding carboxylic acids is 1. The van der Waals surface area contributed by atoms with Crippen LogP contribution < -0.4 is 10.2 Å². The minimum absolute atomic E-state index is 0.143. The van der Waals surface area contributed by atoms with Crippen molar-refractivity contribution in [2.75, 3.05) is 44.2 Å². The van der Waals surface area contributed by atoms with E-state index in [0.717, 1.165) is 49.7 Å². The normalized spacial score (nSPS) is 25.1. The molecule has 4 rings (SSSR count). The summed E-state index contributed by atoms with van der Waals surface area (Å²) in [6.45, 7) is 5.45. The first kappa shape index (κ1) is 18.1. The van der Waals surface area contributed by atoms with E-state index in [1.165, 1.54) is 12.8 Å². The molecular formula is C20H28ClN3O2. The highest BCUT2D eigenvalue weighted by Crippen LogP contribution is 2.34. The lowest BCUT2D eigenvalue weighted by Gasteiger charge is -2.46. The van der Waals surface area contributed by atoms with E-state index in [1.807, 2.05) is 12.1 Å². The van der Waals surface area contributed by atoms with Gasteiger partial charge in [-0.05, 0) is 37.8 Å². The SMILES string of the molecule is O=C1CC2(CCN(C3CCN(c4ccccc4Cl)CC3)CC2)OCCN1. The molecule has 3 aliphatic rings. The molecule has 3 fully saturated rings. The maximum Gasteiger partial charge on any atom is 0.222 e. The second-order valence-electron chi connectivity index (χ2n) is 7.76. The molecule has 0 bridgehead atoms. The zero-order chi connectivity index (χ0) is 18.0. The topological polar surface area (TPSA) is 44.8 Å². The predicted molar refractivity (Wildman–Crippen MR) is 104 cm³/mol. The number of halogens is 1. The summed E-state index contributed by atoms with van der Waals surface area (Å²) in [4.78, 5) is 16.9. The molecule has 3 aliphatic heterocycles. The first-order valence-electron chi connectivity index (χ1n) is 9.79. The Morgan fingerprint density at radius 3 is 2.58 bits per heavy atom. The van der Waals surface area contributed by atoms with Crippen LogP contribution in [0.25, 0.3) is 0 Å². The summed E-state index contributed by atoms with van der Waals surface area (Å²) in [6.07, 6.45) is 4.78. The molecule has 3 heterocycles. The molecule has 1 aromatic rings. The molecule has 1 N–H and O–H groups in total. The smallest absolute Gasteiger partial charge is 0.222 e. The third kappa shape index (κ3) is 3.85. The Kier molecular flexibility index (Phi) is 5.39. The van der Waals surface area contributed by atoms with Crippen LogP contribution in [0.3, 0.4) is 0 Å². The molecular weight excluding hydrogens is 350 g/mol. The highest BCUT2D eigenvalue weighted by molar-refractivity contribution is 6.33. The molecule has 6 heteroatoms. The van der Waals surface area contributed by atoms with Crippen molar-refractivity contribution in [2.45, 2.75) is 43.7 Å². The van der Waals surface area contributed by atoms with Crippen LogP contribution in [0.4, 0.5) is 5.69 Å². The Labute approximate surface area is 160 Å². The van der Waals surface area contributed by atoms with Gasteiger partial charge in [0.05, 0.1) is 29.3 Å². The van der Waals surface area contributed by atoms with Gasteiger partial charge in [-0.1, -0.05) is 23.7 Å². The molecule has 142 valence electrons. The van der Waals surface area contributed by atoms with Gasteiger partial charge in [0.2, 0.25) is 5.91 Å². The zero-order valence-electron chi connectivity index (χ0n) is 15.3.